The van der Waals surface area contributed by atoms with Crippen LogP contribution >= 0.6 is 22.6 Å². The first kappa shape index (κ1) is 16.6. The van der Waals surface area contributed by atoms with Gasteiger partial charge in [-0.05, 0) is 83.1 Å². The zero-order valence-electron chi connectivity index (χ0n) is 14.3. The third kappa shape index (κ3) is 3.19. The summed E-state index contributed by atoms with van der Waals surface area (Å²) in [4.78, 5) is 15.5. The molecule has 4 heteroatoms. The number of alkyl halides is 1. The van der Waals surface area contributed by atoms with Crippen molar-refractivity contribution in [1.29, 1.82) is 0 Å². The number of halogens is 1. The fraction of sp³-hybridized carbons (Fsp3) is 0.947. The summed E-state index contributed by atoms with van der Waals surface area (Å²) in [5, 5.41) is 0. The first-order valence-corrected chi connectivity index (χ1v) is 10.9. The van der Waals surface area contributed by atoms with E-state index in [0.717, 1.165) is 28.7 Å². The number of hydrogen-bond acceptors (Lipinski definition) is 3. The summed E-state index contributed by atoms with van der Waals surface area (Å²) < 4.78 is 6.75. The van der Waals surface area contributed by atoms with Crippen LogP contribution in [0.25, 0.3) is 0 Å². The molecule has 3 nitrogen and oxygen atoms in total. The number of carbonyl (C=O) groups excluding carboxylic acids is 1. The van der Waals surface area contributed by atoms with Gasteiger partial charge in [0.15, 0.2) is 0 Å². The predicted octanol–water partition coefficient (Wildman–Crippen LogP) is 4.17. The second kappa shape index (κ2) is 6.81. The highest BCUT2D eigenvalue weighted by Gasteiger charge is 2.51. The predicted molar refractivity (Wildman–Crippen MR) is 99.7 cm³/mol. The Morgan fingerprint density at radius 2 is 1.78 bits per heavy atom. The molecule has 0 aromatic heterocycles. The Labute approximate surface area is 154 Å². The molecule has 4 atom stereocenters. The van der Waals surface area contributed by atoms with Crippen molar-refractivity contribution < 1.29 is 9.53 Å². The Morgan fingerprint density at radius 1 is 1.04 bits per heavy atom. The van der Waals surface area contributed by atoms with Gasteiger partial charge in [0.25, 0.3) is 0 Å². The van der Waals surface area contributed by atoms with Gasteiger partial charge in [-0.1, -0.05) is 22.6 Å². The Morgan fingerprint density at radius 3 is 2.43 bits per heavy atom. The van der Waals surface area contributed by atoms with Crippen LogP contribution in [0.4, 0.5) is 0 Å². The van der Waals surface area contributed by atoms with Crippen LogP contribution in [0.15, 0.2) is 0 Å². The van der Waals surface area contributed by atoms with Crippen LogP contribution in [0.5, 0.6) is 0 Å². The van der Waals surface area contributed by atoms with Crippen molar-refractivity contribution in [2.24, 2.45) is 17.8 Å². The van der Waals surface area contributed by atoms with E-state index >= 15 is 0 Å². The first-order chi connectivity index (χ1) is 11.1. The van der Waals surface area contributed by atoms with Crippen LogP contribution in [-0.4, -0.2) is 40.0 Å². The molecule has 0 spiro atoms. The van der Waals surface area contributed by atoms with E-state index in [-0.39, 0.29) is 18.0 Å². The SMILES string of the molecule is CN1C2CC[C@@H]1C[C@@H](C1CCC(I)CC1)C2C(=O)OC1CCC1. The molecule has 0 aromatic carbocycles. The molecule has 2 heterocycles. The Hall–Kier alpha value is 0.160. The molecular formula is C19H30INO2. The zero-order valence-corrected chi connectivity index (χ0v) is 16.4. The minimum Gasteiger partial charge on any atom is -0.462 e. The second-order valence-electron chi connectivity index (χ2n) is 8.39. The molecule has 23 heavy (non-hydrogen) atoms. The summed E-state index contributed by atoms with van der Waals surface area (Å²) in [5.41, 5.74) is 0. The minimum absolute atomic E-state index is 0.147. The number of piperidine rings is 1. The lowest BCUT2D eigenvalue weighted by molar-refractivity contribution is -0.166. The molecule has 4 fully saturated rings. The molecule has 130 valence electrons. The second-order valence-corrected chi connectivity index (χ2v) is 10.2. The topological polar surface area (TPSA) is 29.5 Å². The number of esters is 1. The number of rotatable bonds is 3. The van der Waals surface area contributed by atoms with E-state index in [4.69, 9.17) is 4.74 Å². The Kier molecular flexibility index (Phi) is 4.92. The van der Waals surface area contributed by atoms with Crippen molar-refractivity contribution in [3.63, 3.8) is 0 Å². The molecule has 0 N–H and O–H groups in total. The van der Waals surface area contributed by atoms with E-state index in [1.807, 2.05) is 0 Å². The van der Waals surface area contributed by atoms with Crippen LogP contribution in [0.3, 0.4) is 0 Å². The summed E-state index contributed by atoms with van der Waals surface area (Å²) in [6.45, 7) is 0. The van der Waals surface area contributed by atoms with Gasteiger partial charge in [-0.2, -0.15) is 0 Å². The molecule has 2 aliphatic carbocycles. The summed E-state index contributed by atoms with van der Waals surface area (Å²) in [5.74, 6) is 1.64. The summed E-state index contributed by atoms with van der Waals surface area (Å²) in [6, 6.07) is 1.17. The molecule has 4 aliphatic rings. The van der Waals surface area contributed by atoms with Gasteiger partial charge < -0.3 is 4.74 Å². The smallest absolute Gasteiger partial charge is 0.311 e. The van der Waals surface area contributed by atoms with Gasteiger partial charge in [0.1, 0.15) is 6.10 Å². The van der Waals surface area contributed by atoms with Gasteiger partial charge in [0, 0.05) is 16.0 Å². The van der Waals surface area contributed by atoms with Crippen LogP contribution in [-0.2, 0) is 9.53 Å². The van der Waals surface area contributed by atoms with Crippen molar-refractivity contribution in [3.05, 3.63) is 0 Å². The highest BCUT2D eigenvalue weighted by atomic mass is 127. The molecule has 4 rings (SSSR count). The fourth-order valence-electron chi connectivity index (χ4n) is 5.56. The summed E-state index contributed by atoms with van der Waals surface area (Å²) >= 11 is 2.61. The number of ether oxygens (including phenoxy) is 1. The van der Waals surface area contributed by atoms with E-state index in [1.54, 1.807) is 0 Å². The highest BCUT2D eigenvalue weighted by molar-refractivity contribution is 14.1. The van der Waals surface area contributed by atoms with Crippen LogP contribution < -0.4 is 0 Å². The number of nitrogens with zero attached hydrogens (tertiary/aromatic N) is 1. The lowest BCUT2D eigenvalue weighted by Gasteiger charge is -2.46. The average molecular weight is 431 g/mol. The molecule has 2 bridgehead atoms. The van der Waals surface area contributed by atoms with E-state index in [0.29, 0.717) is 12.0 Å². The van der Waals surface area contributed by atoms with Crippen molar-refractivity contribution >= 4 is 28.6 Å². The van der Waals surface area contributed by atoms with E-state index < -0.39 is 0 Å². The molecule has 2 saturated carbocycles. The standard InChI is InChI=1S/C19H30INO2/c1-21-14-9-10-17(21)18(19(22)23-15-3-2-4-15)16(11-14)12-5-7-13(20)8-6-12/h12-18H,2-11H2,1H3/t12?,13?,14-,16+,17?,18?/m1/s1. The number of fused-ring (bicyclic) bond motifs is 2. The first-order valence-electron chi connectivity index (χ1n) is 9.70. The van der Waals surface area contributed by atoms with Gasteiger partial charge in [0.05, 0.1) is 5.92 Å². The molecular weight excluding hydrogens is 401 g/mol. The highest BCUT2D eigenvalue weighted by Crippen LogP contribution is 2.49. The van der Waals surface area contributed by atoms with Gasteiger partial charge in [0.2, 0.25) is 0 Å². The molecule has 0 amide bonds. The maximum atomic E-state index is 13.0. The molecule has 0 radical (unpaired) electrons. The monoisotopic (exact) mass is 431 g/mol. The van der Waals surface area contributed by atoms with Gasteiger partial charge in [-0.15, -0.1) is 0 Å². The number of hydrogen-bond donors (Lipinski definition) is 0. The quantitative estimate of drug-likeness (QED) is 0.382. The summed E-state index contributed by atoms with van der Waals surface area (Å²) in [6.07, 6.45) is 12.7. The molecule has 2 saturated heterocycles. The van der Waals surface area contributed by atoms with Crippen LogP contribution in [0.2, 0.25) is 0 Å². The Balaban J connectivity index is 1.51. The molecule has 0 aromatic rings. The van der Waals surface area contributed by atoms with Crippen molar-refractivity contribution in [1.82, 2.24) is 4.90 Å². The van der Waals surface area contributed by atoms with Crippen molar-refractivity contribution in [3.8, 4) is 0 Å². The van der Waals surface area contributed by atoms with Gasteiger partial charge in [-0.3, -0.25) is 9.69 Å². The van der Waals surface area contributed by atoms with E-state index in [1.165, 1.54) is 51.4 Å². The van der Waals surface area contributed by atoms with Gasteiger partial charge in [-0.25, -0.2) is 0 Å². The lowest BCUT2D eigenvalue weighted by atomic mass is 9.68. The third-order valence-electron chi connectivity index (χ3n) is 7.23. The average Bonchev–Trinajstić information content (AvgIpc) is 2.74. The minimum atomic E-state index is 0.147. The molecule has 2 aliphatic heterocycles. The maximum absolute atomic E-state index is 13.0. The Bertz CT molecular complexity index is 445. The number of carbonyl (C=O) groups is 1. The largest absolute Gasteiger partial charge is 0.462 e. The lowest BCUT2D eigenvalue weighted by Crippen LogP contribution is -2.52. The van der Waals surface area contributed by atoms with Crippen molar-refractivity contribution in [2.45, 2.75) is 86.3 Å². The third-order valence-corrected chi connectivity index (χ3v) is 8.47. The molecule has 2 unspecified atom stereocenters. The van der Waals surface area contributed by atoms with E-state index in [9.17, 15) is 4.79 Å². The van der Waals surface area contributed by atoms with Crippen LogP contribution in [0.1, 0.15) is 64.2 Å². The normalized spacial score (nSPS) is 44.8. The van der Waals surface area contributed by atoms with Crippen molar-refractivity contribution in [2.75, 3.05) is 7.05 Å². The van der Waals surface area contributed by atoms with E-state index in [2.05, 4.69) is 34.5 Å². The van der Waals surface area contributed by atoms with Crippen LogP contribution in [0, 0.1) is 17.8 Å². The zero-order chi connectivity index (χ0) is 16.0. The fourth-order valence-corrected chi connectivity index (χ4v) is 6.28. The summed E-state index contributed by atoms with van der Waals surface area (Å²) in [7, 11) is 2.24. The maximum Gasteiger partial charge on any atom is 0.311 e. The van der Waals surface area contributed by atoms with Gasteiger partial charge >= 0.3 is 5.97 Å².